The van der Waals surface area contributed by atoms with Gasteiger partial charge in [-0.25, -0.2) is 9.97 Å². The quantitative estimate of drug-likeness (QED) is 0.876. The Bertz CT molecular complexity index is 666. The number of hydrogen-bond donors (Lipinski definition) is 1. The summed E-state index contributed by atoms with van der Waals surface area (Å²) in [5, 5.41) is 0.469. The van der Waals surface area contributed by atoms with Crippen LogP contribution in [0.15, 0.2) is 36.8 Å². The molecular formula is C16H19ClN4O2. The maximum Gasteiger partial charge on any atom is 0.257 e. The van der Waals surface area contributed by atoms with E-state index in [4.69, 9.17) is 22.1 Å². The summed E-state index contributed by atoms with van der Waals surface area (Å²) in [5.41, 5.74) is 6.61. The van der Waals surface area contributed by atoms with Crippen LogP contribution >= 0.6 is 11.6 Å². The number of rotatable bonds is 6. The van der Waals surface area contributed by atoms with Crippen LogP contribution in [0.25, 0.3) is 0 Å². The summed E-state index contributed by atoms with van der Waals surface area (Å²) in [6.07, 6.45) is 3.10. The number of amides is 1. The zero-order valence-corrected chi connectivity index (χ0v) is 13.8. The lowest BCUT2D eigenvalue weighted by Crippen LogP contribution is -2.30. The van der Waals surface area contributed by atoms with Crippen LogP contribution in [0.1, 0.15) is 29.0 Å². The van der Waals surface area contributed by atoms with Crippen LogP contribution in [-0.2, 0) is 0 Å². The van der Waals surface area contributed by atoms with E-state index in [0.717, 1.165) is 5.69 Å². The van der Waals surface area contributed by atoms with E-state index < -0.39 is 0 Å². The van der Waals surface area contributed by atoms with Crippen molar-refractivity contribution in [3.8, 4) is 5.75 Å². The number of halogens is 1. The maximum atomic E-state index is 12.8. The van der Waals surface area contributed by atoms with Crippen molar-refractivity contribution in [3.05, 3.63) is 53.1 Å². The number of ether oxygens (including phenoxy) is 1. The average molecular weight is 335 g/mol. The molecule has 1 aromatic heterocycles. The summed E-state index contributed by atoms with van der Waals surface area (Å²) in [5.74, 6) is 0.261. The first-order valence-corrected chi connectivity index (χ1v) is 7.58. The van der Waals surface area contributed by atoms with E-state index in [9.17, 15) is 4.79 Å². The molecule has 0 bridgehead atoms. The minimum Gasteiger partial charge on any atom is -0.491 e. The largest absolute Gasteiger partial charge is 0.491 e. The van der Waals surface area contributed by atoms with E-state index >= 15 is 0 Å². The molecule has 0 spiro atoms. The van der Waals surface area contributed by atoms with Gasteiger partial charge in [-0.05, 0) is 31.2 Å². The van der Waals surface area contributed by atoms with Gasteiger partial charge in [0.15, 0.2) is 0 Å². The summed E-state index contributed by atoms with van der Waals surface area (Å²) in [6, 6.07) is 6.51. The zero-order chi connectivity index (χ0) is 16.8. The monoisotopic (exact) mass is 334 g/mol. The van der Waals surface area contributed by atoms with Gasteiger partial charge in [0.05, 0.1) is 17.3 Å². The molecule has 23 heavy (non-hydrogen) atoms. The van der Waals surface area contributed by atoms with E-state index in [0.29, 0.717) is 29.5 Å². The van der Waals surface area contributed by atoms with Crippen molar-refractivity contribution in [1.82, 2.24) is 14.9 Å². The van der Waals surface area contributed by atoms with E-state index in [1.54, 1.807) is 42.4 Å². The molecule has 0 saturated carbocycles. The van der Waals surface area contributed by atoms with Crippen LogP contribution in [0, 0.1) is 0 Å². The predicted octanol–water partition coefficient (Wildman–Crippen LogP) is 2.30. The second-order valence-corrected chi connectivity index (χ2v) is 5.44. The Morgan fingerprint density at radius 2 is 2.22 bits per heavy atom. The number of nitrogens with two attached hydrogens (primary N) is 1. The Labute approximate surface area is 140 Å². The highest BCUT2D eigenvalue weighted by Crippen LogP contribution is 2.27. The van der Waals surface area contributed by atoms with E-state index in [1.165, 1.54) is 6.33 Å². The summed E-state index contributed by atoms with van der Waals surface area (Å²) in [4.78, 5) is 22.5. The molecular weight excluding hydrogens is 316 g/mol. The molecule has 0 fully saturated rings. The first-order chi connectivity index (χ1) is 11.0. The topological polar surface area (TPSA) is 81.3 Å². The standard InChI is InChI=1S/C16H19ClN4O2/c1-11(14-5-7-19-10-20-14)21(2)16(22)13-9-12(17)3-4-15(13)23-8-6-18/h3-5,7,9-11H,6,8,18H2,1-2H3/t11-/m1/s1. The third-order valence-corrected chi connectivity index (χ3v) is 3.72. The van der Waals surface area contributed by atoms with E-state index in [2.05, 4.69) is 9.97 Å². The Balaban J connectivity index is 2.26. The second kappa shape index (κ2) is 7.89. The number of nitrogens with zero attached hydrogens (tertiary/aromatic N) is 3. The lowest BCUT2D eigenvalue weighted by Gasteiger charge is -2.25. The van der Waals surface area contributed by atoms with Gasteiger partial charge < -0.3 is 15.4 Å². The highest BCUT2D eigenvalue weighted by Gasteiger charge is 2.23. The molecule has 1 aromatic carbocycles. The van der Waals surface area contributed by atoms with Gasteiger partial charge in [0.2, 0.25) is 0 Å². The van der Waals surface area contributed by atoms with Crippen LogP contribution < -0.4 is 10.5 Å². The molecule has 2 aromatic rings. The van der Waals surface area contributed by atoms with Crippen molar-refractivity contribution < 1.29 is 9.53 Å². The number of benzene rings is 1. The molecule has 0 aliphatic rings. The maximum absolute atomic E-state index is 12.8. The second-order valence-electron chi connectivity index (χ2n) is 5.00. The van der Waals surface area contributed by atoms with E-state index in [1.807, 2.05) is 6.92 Å². The van der Waals surface area contributed by atoms with Crippen molar-refractivity contribution in [2.45, 2.75) is 13.0 Å². The Morgan fingerprint density at radius 1 is 1.43 bits per heavy atom. The van der Waals surface area contributed by atoms with Gasteiger partial charge in [0.1, 0.15) is 18.7 Å². The fraction of sp³-hybridized carbons (Fsp3) is 0.312. The SMILES string of the molecule is C[C@H](c1ccncn1)N(C)C(=O)c1cc(Cl)ccc1OCCN. The third kappa shape index (κ3) is 4.18. The van der Waals surface area contributed by atoms with Crippen molar-refractivity contribution in [2.24, 2.45) is 5.73 Å². The molecule has 2 rings (SSSR count). The normalized spacial score (nSPS) is 11.8. The highest BCUT2D eigenvalue weighted by atomic mass is 35.5. The van der Waals surface area contributed by atoms with Crippen LogP contribution in [0.5, 0.6) is 5.75 Å². The van der Waals surface area contributed by atoms with Crippen molar-refractivity contribution in [3.63, 3.8) is 0 Å². The van der Waals surface area contributed by atoms with Gasteiger partial charge in [-0.2, -0.15) is 0 Å². The summed E-state index contributed by atoms with van der Waals surface area (Å²) in [6.45, 7) is 2.59. The molecule has 1 heterocycles. The summed E-state index contributed by atoms with van der Waals surface area (Å²) in [7, 11) is 1.71. The molecule has 0 aliphatic carbocycles. The Hall–Kier alpha value is -2.18. The number of aromatic nitrogens is 2. The lowest BCUT2D eigenvalue weighted by molar-refractivity contribution is 0.0735. The number of carbonyl (C=O) groups excluding carboxylic acids is 1. The molecule has 6 nitrogen and oxygen atoms in total. The van der Waals surface area contributed by atoms with Gasteiger partial charge in [-0.1, -0.05) is 11.6 Å². The molecule has 1 atom stereocenters. The van der Waals surface area contributed by atoms with E-state index in [-0.39, 0.29) is 11.9 Å². The molecule has 0 unspecified atom stereocenters. The first kappa shape index (κ1) is 17.2. The molecule has 0 saturated heterocycles. The smallest absolute Gasteiger partial charge is 0.257 e. The number of hydrogen-bond acceptors (Lipinski definition) is 5. The molecule has 0 radical (unpaired) electrons. The van der Waals surface area contributed by atoms with Crippen LogP contribution in [0.2, 0.25) is 5.02 Å². The summed E-state index contributed by atoms with van der Waals surface area (Å²) >= 11 is 6.02. The van der Waals surface area contributed by atoms with Gasteiger partial charge in [0, 0.05) is 24.8 Å². The fourth-order valence-electron chi connectivity index (χ4n) is 2.08. The van der Waals surface area contributed by atoms with Crippen molar-refractivity contribution in [1.29, 1.82) is 0 Å². The van der Waals surface area contributed by atoms with Crippen LogP contribution in [-0.4, -0.2) is 41.0 Å². The lowest BCUT2D eigenvalue weighted by atomic mass is 10.1. The zero-order valence-electron chi connectivity index (χ0n) is 13.1. The Kier molecular flexibility index (Phi) is 5.90. The third-order valence-electron chi connectivity index (χ3n) is 3.48. The minimum atomic E-state index is -0.216. The van der Waals surface area contributed by atoms with Gasteiger partial charge in [-0.15, -0.1) is 0 Å². The fourth-order valence-corrected chi connectivity index (χ4v) is 2.25. The summed E-state index contributed by atoms with van der Waals surface area (Å²) < 4.78 is 5.54. The van der Waals surface area contributed by atoms with Gasteiger partial charge in [-0.3, -0.25) is 4.79 Å². The molecule has 1 amide bonds. The van der Waals surface area contributed by atoms with Crippen molar-refractivity contribution in [2.75, 3.05) is 20.2 Å². The van der Waals surface area contributed by atoms with Crippen LogP contribution in [0.3, 0.4) is 0 Å². The highest BCUT2D eigenvalue weighted by molar-refractivity contribution is 6.31. The average Bonchev–Trinajstić information content (AvgIpc) is 2.59. The minimum absolute atomic E-state index is 0.203. The first-order valence-electron chi connectivity index (χ1n) is 7.20. The van der Waals surface area contributed by atoms with Gasteiger partial charge in [0.25, 0.3) is 5.91 Å². The predicted molar refractivity (Wildman–Crippen MR) is 88.5 cm³/mol. The van der Waals surface area contributed by atoms with Crippen molar-refractivity contribution >= 4 is 17.5 Å². The van der Waals surface area contributed by atoms with Gasteiger partial charge >= 0.3 is 0 Å². The molecule has 7 heteroatoms. The van der Waals surface area contributed by atoms with Crippen LogP contribution in [0.4, 0.5) is 0 Å². The Morgan fingerprint density at radius 3 is 2.87 bits per heavy atom. The molecule has 122 valence electrons. The number of carbonyl (C=O) groups is 1. The molecule has 0 aliphatic heterocycles. The molecule has 2 N–H and O–H groups in total.